The summed E-state index contributed by atoms with van der Waals surface area (Å²) in [5.41, 5.74) is 4.38. The average molecular weight is 510 g/mol. The number of carbonyl (C=O) groups excluding carboxylic acids is 2. The lowest BCUT2D eigenvalue weighted by atomic mass is 9.89. The zero-order valence-corrected chi connectivity index (χ0v) is 21.5. The van der Waals surface area contributed by atoms with Gasteiger partial charge in [0.05, 0.1) is 25.2 Å². The number of ether oxygens (including phenoxy) is 2. The number of amides is 2. The van der Waals surface area contributed by atoms with Gasteiger partial charge < -0.3 is 25.0 Å². The number of para-hydroxylation sites is 1. The maximum atomic E-state index is 13.6. The van der Waals surface area contributed by atoms with Crippen LogP contribution >= 0.6 is 0 Å². The second-order valence-corrected chi connectivity index (χ2v) is 9.44. The van der Waals surface area contributed by atoms with Crippen molar-refractivity contribution >= 4 is 23.2 Å². The van der Waals surface area contributed by atoms with Gasteiger partial charge in [-0.1, -0.05) is 48.5 Å². The molecule has 5 rings (SSSR count). The summed E-state index contributed by atoms with van der Waals surface area (Å²) in [5.74, 6) is 1.40. The summed E-state index contributed by atoms with van der Waals surface area (Å²) >= 11 is 0. The zero-order valence-electron chi connectivity index (χ0n) is 21.5. The first-order valence-corrected chi connectivity index (χ1v) is 12.7. The van der Waals surface area contributed by atoms with E-state index >= 15 is 0 Å². The average Bonchev–Trinajstić information content (AvgIpc) is 2.94. The lowest BCUT2D eigenvalue weighted by Crippen LogP contribution is -2.49. The molecule has 0 bridgehead atoms. The van der Waals surface area contributed by atoms with Crippen LogP contribution in [0.15, 0.2) is 102 Å². The molecule has 0 spiro atoms. The van der Waals surface area contributed by atoms with E-state index < -0.39 is 0 Å². The van der Waals surface area contributed by atoms with Crippen LogP contribution < -0.4 is 15.4 Å². The molecule has 2 atom stereocenters. The molecule has 3 aromatic rings. The SMILES string of the molecule is COC1=CC=C(C2Nc3ccccc3C(=O)N2Cc2ccccc2)CC1COc1ccc(NC(C)=O)cc1. The van der Waals surface area contributed by atoms with E-state index in [1.54, 1.807) is 7.11 Å². The van der Waals surface area contributed by atoms with Crippen molar-refractivity contribution in [1.82, 2.24) is 4.90 Å². The van der Waals surface area contributed by atoms with Crippen molar-refractivity contribution in [2.45, 2.75) is 26.1 Å². The number of allylic oxidation sites excluding steroid dienone is 2. The Balaban J connectivity index is 1.36. The predicted molar refractivity (Wildman–Crippen MR) is 148 cm³/mol. The third-order valence-electron chi connectivity index (χ3n) is 6.78. The van der Waals surface area contributed by atoms with Crippen molar-refractivity contribution < 1.29 is 19.1 Å². The molecule has 38 heavy (non-hydrogen) atoms. The number of nitrogens with zero attached hydrogens (tertiary/aromatic N) is 1. The molecule has 0 saturated carbocycles. The van der Waals surface area contributed by atoms with Crippen LogP contribution in [0.5, 0.6) is 5.75 Å². The first-order valence-electron chi connectivity index (χ1n) is 12.7. The van der Waals surface area contributed by atoms with Gasteiger partial charge in [-0.2, -0.15) is 0 Å². The number of carbonyl (C=O) groups is 2. The van der Waals surface area contributed by atoms with Gasteiger partial charge >= 0.3 is 0 Å². The van der Waals surface area contributed by atoms with Gasteiger partial charge in [0.2, 0.25) is 5.91 Å². The fourth-order valence-corrected chi connectivity index (χ4v) is 4.92. The topological polar surface area (TPSA) is 79.9 Å². The van der Waals surface area contributed by atoms with E-state index in [1.165, 1.54) is 6.92 Å². The fourth-order valence-electron chi connectivity index (χ4n) is 4.92. The van der Waals surface area contributed by atoms with Crippen molar-refractivity contribution in [2.24, 2.45) is 5.92 Å². The van der Waals surface area contributed by atoms with E-state index in [-0.39, 0.29) is 23.9 Å². The standard InChI is InChI=1S/C31H31N3O4/c1-21(35)32-25-13-15-26(16-14-25)38-20-24-18-23(12-17-29(24)37-2)30-33-28-11-7-6-10-27(28)31(36)34(30)19-22-8-4-3-5-9-22/h3-17,24,30,33H,18-20H2,1-2H3,(H,32,35). The Morgan fingerprint density at radius 2 is 1.74 bits per heavy atom. The Hall–Kier alpha value is -4.52. The molecule has 2 N–H and O–H groups in total. The highest BCUT2D eigenvalue weighted by atomic mass is 16.5. The maximum Gasteiger partial charge on any atom is 0.258 e. The molecule has 2 aliphatic rings. The Morgan fingerprint density at radius 1 is 1.00 bits per heavy atom. The van der Waals surface area contributed by atoms with Gasteiger partial charge in [0.1, 0.15) is 17.7 Å². The molecule has 194 valence electrons. The van der Waals surface area contributed by atoms with E-state index in [2.05, 4.69) is 16.7 Å². The summed E-state index contributed by atoms with van der Waals surface area (Å²) < 4.78 is 11.8. The van der Waals surface area contributed by atoms with Crippen molar-refractivity contribution in [1.29, 1.82) is 0 Å². The second-order valence-electron chi connectivity index (χ2n) is 9.44. The molecule has 7 nitrogen and oxygen atoms in total. The molecule has 2 unspecified atom stereocenters. The Morgan fingerprint density at radius 3 is 2.47 bits per heavy atom. The molecular weight excluding hydrogens is 478 g/mol. The van der Waals surface area contributed by atoms with Gasteiger partial charge in [-0.25, -0.2) is 0 Å². The molecule has 1 aliphatic heterocycles. The van der Waals surface area contributed by atoms with Crippen LogP contribution in [-0.4, -0.2) is 36.6 Å². The van der Waals surface area contributed by atoms with E-state index in [4.69, 9.17) is 9.47 Å². The smallest absolute Gasteiger partial charge is 0.258 e. The number of methoxy groups -OCH3 is 1. The van der Waals surface area contributed by atoms with Gasteiger partial charge in [0, 0.05) is 24.8 Å². The van der Waals surface area contributed by atoms with Crippen LogP contribution in [0.4, 0.5) is 11.4 Å². The summed E-state index contributed by atoms with van der Waals surface area (Å²) in [4.78, 5) is 26.8. The molecule has 0 fully saturated rings. The normalized spacial score (nSPS) is 18.5. The van der Waals surface area contributed by atoms with E-state index in [1.807, 2.05) is 89.8 Å². The third-order valence-corrected chi connectivity index (χ3v) is 6.78. The predicted octanol–water partition coefficient (Wildman–Crippen LogP) is 5.59. The second kappa shape index (κ2) is 11.3. The van der Waals surface area contributed by atoms with Crippen LogP contribution in [0.2, 0.25) is 0 Å². The highest BCUT2D eigenvalue weighted by Gasteiger charge is 2.36. The van der Waals surface area contributed by atoms with Crippen molar-refractivity contribution in [3.05, 3.63) is 113 Å². The maximum absolute atomic E-state index is 13.6. The number of nitrogens with one attached hydrogen (secondary N) is 2. The summed E-state index contributed by atoms with van der Waals surface area (Å²) in [6.45, 7) is 2.38. The number of anilines is 2. The Kier molecular flexibility index (Phi) is 7.45. The minimum absolute atomic E-state index is 0.00248. The monoisotopic (exact) mass is 509 g/mol. The quantitative estimate of drug-likeness (QED) is 0.414. The van der Waals surface area contributed by atoms with E-state index in [9.17, 15) is 9.59 Å². The minimum atomic E-state index is -0.299. The van der Waals surface area contributed by atoms with Crippen LogP contribution in [0, 0.1) is 5.92 Å². The van der Waals surface area contributed by atoms with Crippen LogP contribution in [0.1, 0.15) is 29.3 Å². The summed E-state index contributed by atoms with van der Waals surface area (Å²) in [6.07, 6.45) is 4.39. The lowest BCUT2D eigenvalue weighted by molar-refractivity contribution is -0.114. The minimum Gasteiger partial charge on any atom is -0.501 e. The summed E-state index contributed by atoms with van der Waals surface area (Å²) in [5, 5.41) is 6.37. The number of benzene rings is 3. The van der Waals surface area contributed by atoms with Gasteiger partial charge in [0.25, 0.3) is 5.91 Å². The molecule has 1 aliphatic carbocycles. The van der Waals surface area contributed by atoms with Gasteiger partial charge in [-0.15, -0.1) is 0 Å². The molecule has 0 aromatic heterocycles. The van der Waals surface area contributed by atoms with Crippen LogP contribution in [0.3, 0.4) is 0 Å². The van der Waals surface area contributed by atoms with Crippen LogP contribution in [0.25, 0.3) is 0 Å². The van der Waals surface area contributed by atoms with Gasteiger partial charge in [-0.05, 0) is 60.0 Å². The van der Waals surface area contributed by atoms with Gasteiger partial charge in [-0.3, -0.25) is 9.59 Å². The third kappa shape index (κ3) is 5.57. The molecule has 1 heterocycles. The van der Waals surface area contributed by atoms with Crippen molar-refractivity contribution in [3.8, 4) is 5.75 Å². The van der Waals surface area contributed by atoms with Crippen molar-refractivity contribution in [3.63, 3.8) is 0 Å². The molecule has 7 heteroatoms. The Bertz CT molecular complexity index is 1370. The number of hydrogen-bond acceptors (Lipinski definition) is 5. The lowest BCUT2D eigenvalue weighted by Gasteiger charge is -2.40. The molecule has 2 amide bonds. The molecule has 0 saturated heterocycles. The zero-order chi connectivity index (χ0) is 26.5. The first kappa shape index (κ1) is 25.1. The summed E-state index contributed by atoms with van der Waals surface area (Å²) in [6, 6.07) is 25.0. The summed E-state index contributed by atoms with van der Waals surface area (Å²) in [7, 11) is 1.67. The molecule has 3 aromatic carbocycles. The highest BCUT2D eigenvalue weighted by molar-refractivity contribution is 6.02. The number of rotatable bonds is 8. The largest absolute Gasteiger partial charge is 0.501 e. The fraction of sp³-hybridized carbons (Fsp3) is 0.226. The number of fused-ring (bicyclic) bond motifs is 1. The molecular formula is C31H31N3O4. The van der Waals surface area contributed by atoms with Crippen molar-refractivity contribution in [2.75, 3.05) is 24.4 Å². The van der Waals surface area contributed by atoms with Gasteiger partial charge in [0.15, 0.2) is 0 Å². The van der Waals surface area contributed by atoms with Crippen LogP contribution in [-0.2, 0) is 16.1 Å². The first-order chi connectivity index (χ1) is 18.5. The Labute approximate surface area is 222 Å². The van der Waals surface area contributed by atoms with E-state index in [0.29, 0.717) is 30.9 Å². The van der Waals surface area contributed by atoms with E-state index in [0.717, 1.165) is 28.3 Å². The highest BCUT2D eigenvalue weighted by Crippen LogP contribution is 2.35. The number of hydrogen-bond donors (Lipinski definition) is 2. The molecule has 0 radical (unpaired) electrons.